The topological polar surface area (TPSA) is 56.1 Å². The predicted octanol–water partition coefficient (Wildman–Crippen LogP) is 2.23. The highest BCUT2D eigenvalue weighted by Gasteiger charge is 2.26. The van der Waals surface area contributed by atoms with E-state index in [0.717, 1.165) is 18.5 Å². The molecule has 4 nitrogen and oxygen atoms in total. The highest BCUT2D eigenvalue weighted by atomic mass is 16.2. The number of nitriles is 1. The summed E-state index contributed by atoms with van der Waals surface area (Å²) in [5, 5.41) is 11.8. The summed E-state index contributed by atoms with van der Waals surface area (Å²) >= 11 is 0. The van der Waals surface area contributed by atoms with Crippen molar-refractivity contribution < 1.29 is 4.79 Å². The molecule has 20 heavy (non-hydrogen) atoms. The SMILES string of the molecule is CN1CCCc2cc(CNC(=O)C(C)(C)C#N)ccc21. The van der Waals surface area contributed by atoms with Gasteiger partial charge in [0.25, 0.3) is 0 Å². The van der Waals surface area contributed by atoms with Crippen LogP contribution in [0.5, 0.6) is 0 Å². The first-order chi connectivity index (χ1) is 9.44. The Morgan fingerprint density at radius 2 is 2.25 bits per heavy atom. The van der Waals surface area contributed by atoms with E-state index in [4.69, 9.17) is 5.26 Å². The van der Waals surface area contributed by atoms with Gasteiger partial charge in [0, 0.05) is 25.8 Å². The number of carbonyl (C=O) groups is 1. The van der Waals surface area contributed by atoms with Gasteiger partial charge in [-0.25, -0.2) is 0 Å². The second kappa shape index (κ2) is 5.54. The minimum atomic E-state index is -0.978. The number of aryl methyl sites for hydroxylation is 1. The van der Waals surface area contributed by atoms with Gasteiger partial charge in [-0.3, -0.25) is 4.79 Å². The van der Waals surface area contributed by atoms with E-state index in [9.17, 15) is 4.79 Å². The molecule has 2 rings (SSSR count). The quantitative estimate of drug-likeness (QED) is 0.917. The molecule has 1 amide bonds. The molecule has 1 aromatic carbocycles. The van der Waals surface area contributed by atoms with Gasteiger partial charge in [0.15, 0.2) is 0 Å². The Kier molecular flexibility index (Phi) is 3.99. The summed E-state index contributed by atoms with van der Waals surface area (Å²) in [6, 6.07) is 8.33. The third-order valence-corrected chi connectivity index (χ3v) is 3.80. The standard InChI is InChI=1S/C16H21N3O/c1-16(2,11-17)15(20)18-10-12-6-7-14-13(9-12)5-4-8-19(14)3/h6-7,9H,4-5,8,10H2,1-3H3,(H,18,20). The first-order valence-corrected chi connectivity index (χ1v) is 6.96. The summed E-state index contributed by atoms with van der Waals surface area (Å²) in [5.74, 6) is -0.227. The summed E-state index contributed by atoms with van der Waals surface area (Å²) in [6.45, 7) is 4.83. The number of anilines is 1. The van der Waals surface area contributed by atoms with Crippen molar-refractivity contribution in [2.24, 2.45) is 5.41 Å². The molecule has 0 atom stereocenters. The molecular weight excluding hydrogens is 250 g/mol. The molecule has 0 bridgehead atoms. The van der Waals surface area contributed by atoms with E-state index in [-0.39, 0.29) is 5.91 Å². The van der Waals surface area contributed by atoms with Crippen LogP contribution in [0.15, 0.2) is 18.2 Å². The number of nitrogens with one attached hydrogen (secondary N) is 1. The lowest BCUT2D eigenvalue weighted by molar-refractivity contribution is -0.126. The summed E-state index contributed by atoms with van der Waals surface area (Å²) in [7, 11) is 2.11. The van der Waals surface area contributed by atoms with Crippen molar-refractivity contribution in [3.05, 3.63) is 29.3 Å². The van der Waals surface area contributed by atoms with Gasteiger partial charge in [0.1, 0.15) is 5.41 Å². The zero-order chi connectivity index (χ0) is 14.8. The Labute approximate surface area is 120 Å². The zero-order valence-electron chi connectivity index (χ0n) is 12.4. The van der Waals surface area contributed by atoms with E-state index in [1.807, 2.05) is 12.1 Å². The molecule has 1 aliphatic rings. The Bertz CT molecular complexity index is 557. The fourth-order valence-electron chi connectivity index (χ4n) is 2.40. The van der Waals surface area contributed by atoms with Gasteiger partial charge in [-0.1, -0.05) is 12.1 Å². The smallest absolute Gasteiger partial charge is 0.240 e. The molecule has 0 unspecified atom stereocenters. The molecule has 0 spiro atoms. The molecule has 0 saturated heterocycles. The van der Waals surface area contributed by atoms with Crippen molar-refractivity contribution in [3.8, 4) is 6.07 Å². The second-order valence-electron chi connectivity index (χ2n) is 5.91. The minimum Gasteiger partial charge on any atom is -0.374 e. The van der Waals surface area contributed by atoms with Gasteiger partial charge in [-0.05, 0) is 43.9 Å². The summed E-state index contributed by atoms with van der Waals surface area (Å²) in [5.41, 5.74) is 2.73. The van der Waals surface area contributed by atoms with Crippen LogP contribution in [0.25, 0.3) is 0 Å². The van der Waals surface area contributed by atoms with Crippen LogP contribution >= 0.6 is 0 Å². The maximum Gasteiger partial charge on any atom is 0.240 e. The summed E-state index contributed by atoms with van der Waals surface area (Å²) < 4.78 is 0. The van der Waals surface area contributed by atoms with Gasteiger partial charge in [-0.2, -0.15) is 5.26 Å². The van der Waals surface area contributed by atoms with E-state index in [1.54, 1.807) is 13.8 Å². The number of amides is 1. The van der Waals surface area contributed by atoms with Crippen LogP contribution in [0, 0.1) is 16.7 Å². The number of rotatable bonds is 3. The maximum atomic E-state index is 11.9. The maximum absolute atomic E-state index is 11.9. The van der Waals surface area contributed by atoms with Crippen molar-refractivity contribution in [2.45, 2.75) is 33.2 Å². The average Bonchev–Trinajstić information content (AvgIpc) is 2.44. The monoisotopic (exact) mass is 271 g/mol. The highest BCUT2D eigenvalue weighted by Crippen LogP contribution is 2.26. The predicted molar refractivity (Wildman–Crippen MR) is 79.3 cm³/mol. The summed E-state index contributed by atoms with van der Waals surface area (Å²) in [6.07, 6.45) is 2.26. The highest BCUT2D eigenvalue weighted by molar-refractivity contribution is 5.84. The van der Waals surface area contributed by atoms with Crippen molar-refractivity contribution in [1.29, 1.82) is 5.26 Å². The van der Waals surface area contributed by atoms with Gasteiger partial charge in [0.2, 0.25) is 5.91 Å². The lowest BCUT2D eigenvalue weighted by atomic mass is 9.94. The first-order valence-electron chi connectivity index (χ1n) is 6.96. The molecule has 1 N–H and O–H groups in total. The second-order valence-corrected chi connectivity index (χ2v) is 5.91. The van der Waals surface area contributed by atoms with Crippen LogP contribution in [0.4, 0.5) is 5.69 Å². The molecule has 4 heteroatoms. The first kappa shape index (κ1) is 14.4. The molecule has 106 valence electrons. The number of benzene rings is 1. The normalized spacial score (nSPS) is 14.4. The van der Waals surface area contributed by atoms with Gasteiger partial charge in [0.05, 0.1) is 6.07 Å². The van der Waals surface area contributed by atoms with Gasteiger partial charge >= 0.3 is 0 Å². The molecule has 0 aromatic heterocycles. The zero-order valence-corrected chi connectivity index (χ0v) is 12.4. The Morgan fingerprint density at radius 1 is 1.50 bits per heavy atom. The molecule has 1 aromatic rings. The van der Waals surface area contributed by atoms with Crippen LogP contribution in [0.3, 0.4) is 0 Å². The molecule has 0 aliphatic carbocycles. The lowest BCUT2D eigenvalue weighted by Crippen LogP contribution is -2.35. The van der Waals surface area contributed by atoms with Gasteiger partial charge < -0.3 is 10.2 Å². The molecule has 0 fully saturated rings. The van der Waals surface area contributed by atoms with E-state index in [0.29, 0.717) is 6.54 Å². The fraction of sp³-hybridized carbons (Fsp3) is 0.500. The molecular formula is C16H21N3O. The Morgan fingerprint density at radius 3 is 2.95 bits per heavy atom. The van der Waals surface area contributed by atoms with E-state index in [1.165, 1.54) is 17.7 Å². The third kappa shape index (κ3) is 2.93. The molecule has 0 saturated carbocycles. The van der Waals surface area contributed by atoms with Crippen LogP contribution < -0.4 is 10.2 Å². The Balaban J connectivity index is 2.05. The number of hydrogen-bond donors (Lipinski definition) is 1. The largest absolute Gasteiger partial charge is 0.374 e. The van der Waals surface area contributed by atoms with Gasteiger partial charge in [-0.15, -0.1) is 0 Å². The van der Waals surface area contributed by atoms with E-state index in [2.05, 4.69) is 29.4 Å². The lowest BCUT2D eigenvalue weighted by Gasteiger charge is -2.28. The van der Waals surface area contributed by atoms with Crippen LogP contribution in [-0.4, -0.2) is 19.5 Å². The fourth-order valence-corrected chi connectivity index (χ4v) is 2.40. The number of fused-ring (bicyclic) bond motifs is 1. The van der Waals surface area contributed by atoms with E-state index >= 15 is 0 Å². The van der Waals surface area contributed by atoms with E-state index < -0.39 is 5.41 Å². The Hall–Kier alpha value is -2.02. The molecule has 1 aliphatic heterocycles. The van der Waals surface area contributed by atoms with Crippen LogP contribution in [-0.2, 0) is 17.8 Å². The average molecular weight is 271 g/mol. The van der Waals surface area contributed by atoms with Crippen LogP contribution in [0.2, 0.25) is 0 Å². The van der Waals surface area contributed by atoms with Crippen molar-refractivity contribution in [3.63, 3.8) is 0 Å². The third-order valence-electron chi connectivity index (χ3n) is 3.80. The number of carbonyl (C=O) groups excluding carboxylic acids is 1. The molecule has 0 radical (unpaired) electrons. The number of hydrogen-bond acceptors (Lipinski definition) is 3. The van der Waals surface area contributed by atoms with Crippen molar-refractivity contribution >= 4 is 11.6 Å². The van der Waals surface area contributed by atoms with Crippen LogP contribution in [0.1, 0.15) is 31.4 Å². The molecule has 1 heterocycles. The minimum absolute atomic E-state index is 0.227. The van der Waals surface area contributed by atoms with Crippen molar-refractivity contribution in [2.75, 3.05) is 18.5 Å². The van der Waals surface area contributed by atoms with Crippen molar-refractivity contribution in [1.82, 2.24) is 5.32 Å². The number of nitrogens with zero attached hydrogens (tertiary/aromatic N) is 2. The summed E-state index contributed by atoms with van der Waals surface area (Å²) in [4.78, 5) is 14.1.